The fourth-order valence-corrected chi connectivity index (χ4v) is 9.09. The predicted molar refractivity (Wildman–Crippen MR) is 213 cm³/mol. The summed E-state index contributed by atoms with van der Waals surface area (Å²) in [5.41, 5.74) is 1.40. The van der Waals surface area contributed by atoms with Gasteiger partial charge in [0.05, 0.1) is 25.9 Å². The monoisotopic (exact) mass is 767 g/mol. The fourth-order valence-electron chi connectivity index (χ4n) is 4.76. The number of hydrogen-bond acceptors (Lipinski definition) is 8. The maximum atomic E-state index is 12.9. The Hall–Kier alpha value is -1.47. The largest absolute Gasteiger partial charge is 0.448 e. The van der Waals surface area contributed by atoms with Crippen molar-refractivity contribution in [2.24, 2.45) is 12.0 Å². The van der Waals surface area contributed by atoms with E-state index in [0.29, 0.717) is 29.9 Å². The van der Waals surface area contributed by atoms with E-state index in [4.69, 9.17) is 32.7 Å². The number of aromatic nitrogens is 4. The topological polar surface area (TPSA) is 111 Å². The van der Waals surface area contributed by atoms with Crippen molar-refractivity contribution in [3.63, 3.8) is 0 Å². The molecule has 50 heavy (non-hydrogen) atoms. The zero-order chi connectivity index (χ0) is 38.5. The number of nitrogens with zero attached hydrogens (tertiary/aromatic N) is 5. The first-order valence-corrected chi connectivity index (χ1v) is 30.6. The first kappa shape index (κ1) is 42.9. The van der Waals surface area contributed by atoms with Gasteiger partial charge in [-0.2, -0.15) is 4.99 Å². The molecule has 0 N–H and O–H groups in total. The molecule has 15 heteroatoms. The van der Waals surface area contributed by atoms with Gasteiger partial charge in [0.1, 0.15) is 18.3 Å². The van der Waals surface area contributed by atoms with Gasteiger partial charge in [-0.25, -0.2) is 14.8 Å². The molecule has 0 aromatic carbocycles. The Morgan fingerprint density at radius 2 is 1.32 bits per heavy atom. The highest BCUT2D eigenvalue weighted by atomic mass is 28.4. The molecular weight excluding hydrogens is 699 g/mol. The van der Waals surface area contributed by atoms with Crippen molar-refractivity contribution in [3.05, 3.63) is 18.1 Å². The van der Waals surface area contributed by atoms with E-state index in [-0.39, 0.29) is 27.3 Å². The number of aryl methyl sites for hydroxylation is 1. The van der Waals surface area contributed by atoms with Gasteiger partial charge in [0.25, 0.3) is 0 Å². The molecule has 1 saturated heterocycles. The molecule has 4 atom stereocenters. The molecule has 1 amide bonds. The van der Waals surface area contributed by atoms with Gasteiger partial charge in [-0.15, -0.1) is 0 Å². The van der Waals surface area contributed by atoms with Crippen LogP contribution in [0.2, 0.25) is 80.1 Å². The molecule has 0 bridgehead atoms. The lowest BCUT2D eigenvalue weighted by molar-refractivity contribution is -0.0470. The van der Waals surface area contributed by atoms with Gasteiger partial charge in [0.15, 0.2) is 47.8 Å². The molecule has 0 aliphatic carbocycles. The molecule has 1 fully saturated rings. The minimum Gasteiger partial charge on any atom is -0.448 e. The lowest BCUT2D eigenvalue weighted by Crippen LogP contribution is -2.54. The van der Waals surface area contributed by atoms with Crippen LogP contribution in [-0.2, 0) is 29.8 Å². The highest BCUT2D eigenvalue weighted by Gasteiger charge is 2.55. The number of fused-ring (bicyclic) bond motifs is 1. The molecule has 2 aromatic rings. The highest BCUT2D eigenvalue weighted by Crippen LogP contribution is 2.46. The summed E-state index contributed by atoms with van der Waals surface area (Å²) in [6.07, 6.45) is 0.896. The second-order valence-corrected chi connectivity index (χ2v) is 39.8. The summed E-state index contributed by atoms with van der Waals surface area (Å²) in [4.78, 5) is 26.8. The number of hydrogen-bond donors (Lipinski definition) is 0. The standard InChI is InChI=1S/C35H69N5O6Si4/c1-33(2,3)48(14,15)43-22-25-27(45-49(16,17)34(4,5)6)28(46-50(18,19)35(7,8)9)31(44-25)40-24-36-26-29(40)37-23-39(10)30(26)38-32(41)42-20-21-47(11,12)13/h23-25,27-28,31H,20-22H2,1-19H3/b38-30+/t25-,27-,28-,31-/m1/s1. The molecule has 286 valence electrons. The molecule has 0 radical (unpaired) electrons. The fraction of sp³-hybridized carbons (Fsp3) is 0.829. The maximum absolute atomic E-state index is 12.9. The molecule has 0 unspecified atom stereocenters. The van der Waals surface area contributed by atoms with Crippen molar-refractivity contribution < 1.29 is 27.5 Å². The quantitative estimate of drug-likeness (QED) is 0.209. The van der Waals surface area contributed by atoms with Gasteiger partial charge in [0.2, 0.25) is 0 Å². The van der Waals surface area contributed by atoms with Crippen LogP contribution in [0.4, 0.5) is 4.79 Å². The van der Waals surface area contributed by atoms with Crippen molar-refractivity contribution in [2.75, 3.05) is 13.2 Å². The Labute approximate surface area is 306 Å². The number of ether oxygens (including phenoxy) is 2. The molecule has 1 aliphatic rings. The summed E-state index contributed by atoms with van der Waals surface area (Å²) in [7, 11) is -6.36. The van der Waals surface area contributed by atoms with Crippen LogP contribution in [0.5, 0.6) is 0 Å². The van der Waals surface area contributed by atoms with Crippen molar-refractivity contribution in [1.29, 1.82) is 0 Å². The van der Waals surface area contributed by atoms with Crippen LogP contribution in [0.25, 0.3) is 11.2 Å². The Kier molecular flexibility index (Phi) is 12.7. The third-order valence-corrected chi connectivity index (χ3v) is 26.5. The van der Waals surface area contributed by atoms with E-state index in [0.717, 1.165) is 6.04 Å². The van der Waals surface area contributed by atoms with Crippen LogP contribution >= 0.6 is 0 Å². The van der Waals surface area contributed by atoms with Gasteiger partial charge in [-0.1, -0.05) is 82.0 Å². The first-order chi connectivity index (χ1) is 22.4. The molecule has 3 rings (SSSR count). The first-order valence-electron chi connectivity index (χ1n) is 18.1. The molecule has 11 nitrogen and oxygen atoms in total. The number of imidazole rings is 1. The maximum Gasteiger partial charge on any atom is 0.435 e. The van der Waals surface area contributed by atoms with Gasteiger partial charge >= 0.3 is 6.09 Å². The van der Waals surface area contributed by atoms with Crippen LogP contribution in [0.1, 0.15) is 68.5 Å². The van der Waals surface area contributed by atoms with E-state index in [9.17, 15) is 4.79 Å². The Balaban J connectivity index is 2.19. The van der Waals surface area contributed by atoms with Crippen molar-refractivity contribution in [3.8, 4) is 0 Å². The average molecular weight is 768 g/mol. The zero-order valence-corrected chi connectivity index (χ0v) is 38.8. The predicted octanol–water partition coefficient (Wildman–Crippen LogP) is 8.85. The highest BCUT2D eigenvalue weighted by molar-refractivity contribution is 6.76. The molecule has 2 aromatic heterocycles. The van der Waals surface area contributed by atoms with E-state index in [1.165, 1.54) is 0 Å². The molecule has 1 aliphatic heterocycles. The third-order valence-electron chi connectivity index (χ3n) is 11.4. The normalized spacial score (nSPS) is 22.1. The average Bonchev–Trinajstić information content (AvgIpc) is 3.47. The van der Waals surface area contributed by atoms with Crippen molar-refractivity contribution >= 4 is 50.3 Å². The van der Waals surface area contributed by atoms with Crippen LogP contribution < -0.4 is 5.49 Å². The van der Waals surface area contributed by atoms with E-state index < -0.39 is 51.5 Å². The Bertz CT molecular complexity index is 1560. The summed E-state index contributed by atoms with van der Waals surface area (Å²) in [6.45, 7) is 41.3. The van der Waals surface area contributed by atoms with Crippen LogP contribution in [-0.4, -0.2) is 89.7 Å². The summed E-state index contributed by atoms with van der Waals surface area (Å²) in [5, 5.41) is -0.0528. The van der Waals surface area contributed by atoms with E-state index in [1.54, 1.807) is 24.3 Å². The van der Waals surface area contributed by atoms with Crippen LogP contribution in [0, 0.1) is 0 Å². The second kappa shape index (κ2) is 14.7. The molecule has 0 saturated carbocycles. The molecule has 3 heterocycles. The van der Waals surface area contributed by atoms with E-state index >= 15 is 0 Å². The van der Waals surface area contributed by atoms with E-state index in [1.807, 2.05) is 4.57 Å². The summed E-state index contributed by atoms with van der Waals surface area (Å²) in [6, 6.07) is 0.869. The molecule has 0 spiro atoms. The number of carbonyl (C=O) groups excluding carboxylic acids is 1. The van der Waals surface area contributed by atoms with Crippen molar-refractivity contribution in [1.82, 2.24) is 19.1 Å². The summed E-state index contributed by atoms with van der Waals surface area (Å²) < 4.78 is 37.7. The lowest BCUT2D eigenvalue weighted by Gasteiger charge is -2.44. The third kappa shape index (κ3) is 9.93. The smallest absolute Gasteiger partial charge is 0.435 e. The number of rotatable bonds is 11. The summed E-state index contributed by atoms with van der Waals surface area (Å²) >= 11 is 0. The van der Waals surface area contributed by atoms with Gasteiger partial charge in [-0.05, 0) is 60.4 Å². The minimum absolute atomic E-state index is 0.0322. The van der Waals surface area contributed by atoms with Gasteiger partial charge in [-0.3, -0.25) is 4.57 Å². The Morgan fingerprint density at radius 1 is 0.800 bits per heavy atom. The second-order valence-electron chi connectivity index (χ2n) is 19.9. The summed E-state index contributed by atoms with van der Waals surface area (Å²) in [5.74, 6) is 0. The van der Waals surface area contributed by atoms with Crippen LogP contribution in [0.15, 0.2) is 17.6 Å². The van der Waals surface area contributed by atoms with Crippen LogP contribution in [0.3, 0.4) is 0 Å². The zero-order valence-electron chi connectivity index (χ0n) is 34.8. The lowest BCUT2D eigenvalue weighted by atomic mass is 10.1. The van der Waals surface area contributed by atoms with E-state index in [2.05, 4.69) is 126 Å². The minimum atomic E-state index is -2.35. The number of amides is 1. The number of carbonyl (C=O) groups is 1. The SMILES string of the molecule is Cn1cnc2c(ncn2[C@@H]2O[C@H](CO[Si](C)(C)C(C)(C)C)[C@@H](O[Si](C)(C)C(C)(C)C)[C@H]2O[Si](C)(C)C(C)(C)C)/c1=N\C(=O)OCC[Si](C)(C)C. The van der Waals surface area contributed by atoms with Gasteiger partial charge < -0.3 is 27.3 Å². The molecular formula is C35H69N5O6Si4. The Morgan fingerprint density at radius 3 is 1.82 bits per heavy atom. The van der Waals surface area contributed by atoms with Gasteiger partial charge in [0, 0.05) is 15.1 Å². The van der Waals surface area contributed by atoms with Crippen molar-refractivity contribution in [2.45, 2.75) is 167 Å².